The van der Waals surface area contributed by atoms with Crippen molar-refractivity contribution in [1.29, 1.82) is 0 Å². The largest absolute Gasteiger partial charge is 0.493 e. The lowest BCUT2D eigenvalue weighted by Gasteiger charge is -2.25. The fourth-order valence-electron chi connectivity index (χ4n) is 3.70. The number of carbonyl (C=O) groups is 1. The first-order chi connectivity index (χ1) is 14.0. The number of methoxy groups -OCH3 is 1. The molecule has 1 saturated carbocycles. The van der Waals surface area contributed by atoms with Gasteiger partial charge in [0.15, 0.2) is 11.5 Å². The smallest absolute Gasteiger partial charge is 0.251 e. The Morgan fingerprint density at radius 2 is 1.93 bits per heavy atom. The lowest BCUT2D eigenvalue weighted by Crippen LogP contribution is -2.34. The molecule has 2 aromatic carbocycles. The third-order valence-electron chi connectivity index (χ3n) is 5.33. The molecule has 5 nitrogen and oxygen atoms in total. The predicted octanol–water partition coefficient (Wildman–Crippen LogP) is 4.19. The highest BCUT2D eigenvalue weighted by Crippen LogP contribution is 2.32. The standard InChI is InChI=1S/C23H29FN2O3/c1-26(2)20(16-7-6-8-18(24)13-16)15-25-23(27)17-11-12-21(22(14-17)28-3)29-19-9-4-5-10-19/h6-8,11-14,19-20H,4-5,9-10,15H2,1-3H3,(H,25,27). The Kier molecular flexibility index (Phi) is 7.09. The van der Waals surface area contributed by atoms with Crippen LogP contribution in [0.1, 0.15) is 47.6 Å². The summed E-state index contributed by atoms with van der Waals surface area (Å²) >= 11 is 0. The number of nitrogens with zero attached hydrogens (tertiary/aromatic N) is 1. The molecule has 0 aromatic heterocycles. The van der Waals surface area contributed by atoms with Gasteiger partial charge in [-0.25, -0.2) is 4.39 Å². The van der Waals surface area contributed by atoms with Crippen LogP contribution in [0.4, 0.5) is 4.39 Å². The van der Waals surface area contributed by atoms with Gasteiger partial charge in [0.1, 0.15) is 5.82 Å². The van der Waals surface area contributed by atoms with E-state index in [1.54, 1.807) is 31.4 Å². The zero-order valence-electron chi connectivity index (χ0n) is 17.3. The molecular formula is C23H29FN2O3. The number of hydrogen-bond acceptors (Lipinski definition) is 4. The summed E-state index contributed by atoms with van der Waals surface area (Å²) in [6.07, 6.45) is 4.70. The molecule has 0 aliphatic heterocycles. The van der Waals surface area contributed by atoms with Crippen molar-refractivity contribution in [2.24, 2.45) is 0 Å². The van der Waals surface area contributed by atoms with Gasteiger partial charge in [0.25, 0.3) is 5.91 Å². The van der Waals surface area contributed by atoms with Crippen LogP contribution in [0.25, 0.3) is 0 Å². The van der Waals surface area contributed by atoms with Crippen molar-refractivity contribution in [3.05, 3.63) is 59.4 Å². The van der Waals surface area contributed by atoms with Crippen LogP contribution in [0, 0.1) is 5.82 Å². The molecule has 2 aromatic rings. The Balaban J connectivity index is 1.67. The maximum absolute atomic E-state index is 13.6. The van der Waals surface area contributed by atoms with Gasteiger partial charge in [-0.05, 0) is 75.7 Å². The van der Waals surface area contributed by atoms with Crippen LogP contribution >= 0.6 is 0 Å². The summed E-state index contributed by atoms with van der Waals surface area (Å²) < 4.78 is 25.1. The maximum atomic E-state index is 13.6. The van der Waals surface area contributed by atoms with E-state index in [2.05, 4.69) is 5.32 Å². The molecule has 1 unspecified atom stereocenters. The minimum Gasteiger partial charge on any atom is -0.493 e. The number of ether oxygens (including phenoxy) is 2. The van der Waals surface area contributed by atoms with E-state index < -0.39 is 0 Å². The van der Waals surface area contributed by atoms with Crippen molar-refractivity contribution in [3.63, 3.8) is 0 Å². The molecule has 0 spiro atoms. The summed E-state index contributed by atoms with van der Waals surface area (Å²) in [5.41, 5.74) is 1.31. The van der Waals surface area contributed by atoms with Crippen LogP contribution in [-0.4, -0.2) is 44.7 Å². The Morgan fingerprint density at radius 3 is 2.59 bits per heavy atom. The molecular weight excluding hydrogens is 371 g/mol. The van der Waals surface area contributed by atoms with Gasteiger partial charge < -0.3 is 19.7 Å². The van der Waals surface area contributed by atoms with E-state index in [1.165, 1.54) is 25.0 Å². The predicted molar refractivity (Wildman–Crippen MR) is 111 cm³/mol. The number of carbonyl (C=O) groups excluding carboxylic acids is 1. The van der Waals surface area contributed by atoms with Gasteiger partial charge in [0.2, 0.25) is 0 Å². The summed E-state index contributed by atoms with van der Waals surface area (Å²) in [4.78, 5) is 14.6. The minimum atomic E-state index is -0.289. The number of rotatable bonds is 8. The number of halogens is 1. The number of benzene rings is 2. The van der Waals surface area contributed by atoms with Crippen LogP contribution < -0.4 is 14.8 Å². The van der Waals surface area contributed by atoms with E-state index in [1.807, 2.05) is 25.1 Å². The van der Waals surface area contributed by atoms with Crippen LogP contribution in [-0.2, 0) is 0 Å². The van der Waals surface area contributed by atoms with E-state index in [-0.39, 0.29) is 23.9 Å². The quantitative estimate of drug-likeness (QED) is 0.722. The first-order valence-electron chi connectivity index (χ1n) is 10.0. The molecule has 1 aliphatic carbocycles. The third-order valence-corrected chi connectivity index (χ3v) is 5.33. The van der Waals surface area contributed by atoms with Gasteiger partial charge in [0.05, 0.1) is 19.3 Å². The second-order valence-electron chi connectivity index (χ2n) is 7.63. The van der Waals surface area contributed by atoms with Crippen molar-refractivity contribution in [1.82, 2.24) is 10.2 Å². The molecule has 1 amide bonds. The Bertz CT molecular complexity index is 835. The van der Waals surface area contributed by atoms with Crippen LogP contribution in [0.3, 0.4) is 0 Å². The number of likely N-dealkylation sites (N-methyl/N-ethyl adjacent to an activating group) is 1. The topological polar surface area (TPSA) is 50.8 Å². The number of hydrogen-bond donors (Lipinski definition) is 1. The second-order valence-corrected chi connectivity index (χ2v) is 7.63. The Labute approximate surface area is 171 Å². The van der Waals surface area contributed by atoms with E-state index >= 15 is 0 Å². The summed E-state index contributed by atoms with van der Waals surface area (Å²) in [6, 6.07) is 11.5. The molecule has 0 saturated heterocycles. The monoisotopic (exact) mass is 400 g/mol. The van der Waals surface area contributed by atoms with Gasteiger partial charge >= 0.3 is 0 Å². The maximum Gasteiger partial charge on any atom is 0.251 e. The summed E-state index contributed by atoms with van der Waals surface area (Å²) in [5, 5.41) is 2.94. The number of amides is 1. The number of nitrogens with one attached hydrogen (secondary N) is 1. The fraction of sp³-hybridized carbons (Fsp3) is 0.435. The molecule has 1 fully saturated rings. The lowest BCUT2D eigenvalue weighted by atomic mass is 10.1. The minimum absolute atomic E-state index is 0.137. The third kappa shape index (κ3) is 5.48. The zero-order chi connectivity index (χ0) is 20.8. The molecule has 0 radical (unpaired) electrons. The van der Waals surface area contributed by atoms with Crippen molar-refractivity contribution >= 4 is 5.91 Å². The van der Waals surface area contributed by atoms with Crippen LogP contribution in [0.2, 0.25) is 0 Å². The van der Waals surface area contributed by atoms with Gasteiger partial charge in [-0.3, -0.25) is 4.79 Å². The van der Waals surface area contributed by atoms with Crippen molar-refractivity contribution < 1.29 is 18.7 Å². The first-order valence-corrected chi connectivity index (χ1v) is 10.0. The highest BCUT2D eigenvalue weighted by Gasteiger charge is 2.20. The molecule has 29 heavy (non-hydrogen) atoms. The van der Waals surface area contributed by atoms with Gasteiger partial charge in [-0.1, -0.05) is 12.1 Å². The van der Waals surface area contributed by atoms with Gasteiger partial charge in [0, 0.05) is 12.1 Å². The second kappa shape index (κ2) is 9.74. The highest BCUT2D eigenvalue weighted by atomic mass is 19.1. The van der Waals surface area contributed by atoms with E-state index in [4.69, 9.17) is 9.47 Å². The molecule has 6 heteroatoms. The van der Waals surface area contributed by atoms with E-state index in [9.17, 15) is 9.18 Å². The van der Waals surface area contributed by atoms with E-state index in [0.29, 0.717) is 23.6 Å². The molecule has 1 atom stereocenters. The summed E-state index contributed by atoms with van der Waals surface area (Å²) in [6.45, 7) is 0.359. The average Bonchev–Trinajstić information content (AvgIpc) is 3.21. The summed E-state index contributed by atoms with van der Waals surface area (Å²) in [7, 11) is 5.38. The first kappa shape index (κ1) is 21.1. The Hall–Kier alpha value is -2.60. The molecule has 1 aliphatic rings. The van der Waals surface area contributed by atoms with Crippen molar-refractivity contribution in [2.45, 2.75) is 37.8 Å². The van der Waals surface area contributed by atoms with Crippen LogP contribution in [0.15, 0.2) is 42.5 Å². The van der Waals surface area contributed by atoms with Gasteiger partial charge in [-0.15, -0.1) is 0 Å². The van der Waals surface area contributed by atoms with Crippen LogP contribution in [0.5, 0.6) is 11.5 Å². The van der Waals surface area contributed by atoms with Gasteiger partial charge in [-0.2, -0.15) is 0 Å². The van der Waals surface area contributed by atoms with Crippen molar-refractivity contribution in [3.8, 4) is 11.5 Å². The zero-order valence-corrected chi connectivity index (χ0v) is 17.3. The molecule has 156 valence electrons. The molecule has 0 bridgehead atoms. The Morgan fingerprint density at radius 1 is 1.17 bits per heavy atom. The average molecular weight is 400 g/mol. The van der Waals surface area contributed by atoms with Crippen molar-refractivity contribution in [2.75, 3.05) is 27.7 Å². The highest BCUT2D eigenvalue weighted by molar-refractivity contribution is 5.94. The lowest BCUT2D eigenvalue weighted by molar-refractivity contribution is 0.0941. The molecule has 1 N–H and O–H groups in total. The molecule has 3 rings (SSSR count). The fourth-order valence-corrected chi connectivity index (χ4v) is 3.70. The summed E-state index contributed by atoms with van der Waals surface area (Å²) in [5.74, 6) is 0.725. The molecule has 0 heterocycles. The SMILES string of the molecule is COc1cc(C(=O)NCC(c2cccc(F)c2)N(C)C)ccc1OC1CCCC1. The van der Waals surface area contributed by atoms with E-state index in [0.717, 1.165) is 18.4 Å². The normalized spacial score (nSPS) is 15.3.